The highest BCUT2D eigenvalue weighted by atomic mass is 19.4. The Morgan fingerprint density at radius 3 is 2.36 bits per heavy atom. The summed E-state index contributed by atoms with van der Waals surface area (Å²) in [7, 11) is 2.62. The van der Waals surface area contributed by atoms with Gasteiger partial charge in [0.05, 0.1) is 19.8 Å². The molecular weight excluding hydrogens is 375 g/mol. The molecule has 0 radical (unpaired) electrons. The van der Waals surface area contributed by atoms with E-state index in [1.54, 1.807) is 24.3 Å². The Morgan fingerprint density at radius 2 is 1.79 bits per heavy atom. The van der Waals surface area contributed by atoms with Crippen LogP contribution in [0.4, 0.5) is 18.9 Å². The van der Waals surface area contributed by atoms with E-state index in [1.807, 2.05) is 0 Å². The number of halogens is 3. The molecule has 0 spiro atoms. The number of anilines is 1. The van der Waals surface area contributed by atoms with Gasteiger partial charge in [-0.25, -0.2) is 0 Å². The minimum atomic E-state index is -4.59. The van der Waals surface area contributed by atoms with Gasteiger partial charge in [-0.3, -0.25) is 9.59 Å². The molecular formula is C20H18F3NO4. The Labute approximate surface area is 159 Å². The first kappa shape index (κ1) is 19.7. The predicted octanol–water partition coefficient (Wildman–Crippen LogP) is 3.78. The fourth-order valence-corrected chi connectivity index (χ4v) is 3.48. The van der Waals surface area contributed by atoms with E-state index >= 15 is 0 Å². The lowest BCUT2D eigenvalue weighted by molar-refractivity contribution is -0.149. The molecule has 1 amide bonds. The monoisotopic (exact) mass is 393 g/mol. The molecule has 1 aliphatic rings. The van der Waals surface area contributed by atoms with Crippen LogP contribution in [0.2, 0.25) is 0 Å². The number of methoxy groups -OCH3 is 2. The molecule has 148 valence electrons. The number of alkyl halides is 3. The second-order valence-electron chi connectivity index (χ2n) is 6.40. The third-order valence-electron chi connectivity index (χ3n) is 4.85. The van der Waals surface area contributed by atoms with Gasteiger partial charge in [-0.15, -0.1) is 0 Å². The van der Waals surface area contributed by atoms with Crippen LogP contribution in [0, 0.1) is 5.92 Å². The maximum Gasteiger partial charge on any atom is 0.416 e. The van der Waals surface area contributed by atoms with Crippen molar-refractivity contribution in [2.45, 2.75) is 18.5 Å². The first-order valence-corrected chi connectivity index (χ1v) is 8.48. The molecule has 2 atom stereocenters. The summed E-state index contributed by atoms with van der Waals surface area (Å²) < 4.78 is 50.5. The Hall–Kier alpha value is -3.03. The SMILES string of the molecule is COC(=O)[C@@H]1C(=O)Nc2cccc(C(F)(F)F)c2C[C@H]1c1ccc(OC)cc1. The molecule has 0 bridgehead atoms. The first-order chi connectivity index (χ1) is 13.3. The van der Waals surface area contributed by atoms with E-state index in [0.717, 1.165) is 13.2 Å². The number of amides is 1. The molecule has 1 aliphatic heterocycles. The zero-order valence-electron chi connectivity index (χ0n) is 15.2. The maximum atomic E-state index is 13.5. The summed E-state index contributed by atoms with van der Waals surface area (Å²) in [4.78, 5) is 25.1. The number of hydrogen-bond acceptors (Lipinski definition) is 4. The molecule has 3 rings (SSSR count). The first-order valence-electron chi connectivity index (χ1n) is 8.48. The van der Waals surface area contributed by atoms with Crippen LogP contribution >= 0.6 is 0 Å². The van der Waals surface area contributed by atoms with Crippen molar-refractivity contribution in [1.82, 2.24) is 0 Å². The molecule has 0 unspecified atom stereocenters. The smallest absolute Gasteiger partial charge is 0.416 e. The summed E-state index contributed by atoms with van der Waals surface area (Å²) in [5.74, 6) is -3.08. The number of ether oxygens (including phenoxy) is 2. The van der Waals surface area contributed by atoms with Crippen molar-refractivity contribution in [1.29, 1.82) is 0 Å². The molecule has 0 saturated heterocycles. The Balaban J connectivity index is 2.15. The van der Waals surface area contributed by atoms with Gasteiger partial charge >= 0.3 is 12.1 Å². The average molecular weight is 393 g/mol. The fourth-order valence-electron chi connectivity index (χ4n) is 3.48. The van der Waals surface area contributed by atoms with Crippen LogP contribution in [-0.2, 0) is 26.9 Å². The number of hydrogen-bond donors (Lipinski definition) is 1. The standard InChI is InChI=1S/C20H18F3NO4/c1-27-12-8-6-11(7-9-12)13-10-14-15(20(21,22)23)4-3-5-16(14)24-18(25)17(13)19(26)28-2/h3-9,13,17H,10H2,1-2H3,(H,24,25)/t13-,17-/m0/s1. The molecule has 1 heterocycles. The second-order valence-corrected chi connectivity index (χ2v) is 6.40. The Kier molecular flexibility index (Phi) is 5.31. The van der Waals surface area contributed by atoms with E-state index in [9.17, 15) is 22.8 Å². The van der Waals surface area contributed by atoms with Crippen LogP contribution in [0.15, 0.2) is 42.5 Å². The number of fused-ring (bicyclic) bond motifs is 1. The fraction of sp³-hybridized carbons (Fsp3) is 0.300. The van der Waals surface area contributed by atoms with Crippen LogP contribution in [-0.4, -0.2) is 26.1 Å². The zero-order chi connectivity index (χ0) is 20.5. The number of carbonyl (C=O) groups excluding carboxylic acids is 2. The highest BCUT2D eigenvalue weighted by Crippen LogP contribution is 2.42. The van der Waals surface area contributed by atoms with Crippen molar-refractivity contribution in [2.24, 2.45) is 5.92 Å². The van der Waals surface area contributed by atoms with E-state index in [4.69, 9.17) is 9.47 Å². The largest absolute Gasteiger partial charge is 0.497 e. The van der Waals surface area contributed by atoms with E-state index < -0.39 is 35.5 Å². The lowest BCUT2D eigenvalue weighted by Gasteiger charge is -2.23. The van der Waals surface area contributed by atoms with Gasteiger partial charge in [0.15, 0.2) is 0 Å². The third-order valence-corrected chi connectivity index (χ3v) is 4.85. The van der Waals surface area contributed by atoms with Gasteiger partial charge in [0.25, 0.3) is 0 Å². The second kappa shape index (κ2) is 7.53. The third kappa shape index (κ3) is 3.67. The van der Waals surface area contributed by atoms with Crippen molar-refractivity contribution in [3.05, 3.63) is 59.2 Å². The lowest BCUT2D eigenvalue weighted by Crippen LogP contribution is -2.34. The van der Waals surface area contributed by atoms with Crippen molar-refractivity contribution >= 4 is 17.6 Å². The summed E-state index contributed by atoms with van der Waals surface area (Å²) >= 11 is 0. The van der Waals surface area contributed by atoms with Gasteiger partial charge in [-0.1, -0.05) is 18.2 Å². The molecule has 0 aliphatic carbocycles. The highest BCUT2D eigenvalue weighted by Gasteiger charge is 2.43. The molecule has 2 aromatic carbocycles. The number of rotatable bonds is 3. The quantitative estimate of drug-likeness (QED) is 0.637. The minimum Gasteiger partial charge on any atom is -0.497 e. The Morgan fingerprint density at radius 1 is 1.11 bits per heavy atom. The lowest BCUT2D eigenvalue weighted by atomic mass is 9.81. The van der Waals surface area contributed by atoms with Crippen LogP contribution in [0.5, 0.6) is 5.75 Å². The van der Waals surface area contributed by atoms with Crippen LogP contribution in [0.1, 0.15) is 22.6 Å². The summed E-state index contributed by atoms with van der Waals surface area (Å²) in [6.45, 7) is 0. The van der Waals surface area contributed by atoms with Gasteiger partial charge < -0.3 is 14.8 Å². The summed E-state index contributed by atoms with van der Waals surface area (Å²) in [5.41, 5.74) is -0.314. The van der Waals surface area contributed by atoms with Crippen molar-refractivity contribution in [2.75, 3.05) is 19.5 Å². The van der Waals surface area contributed by atoms with E-state index in [-0.39, 0.29) is 17.7 Å². The summed E-state index contributed by atoms with van der Waals surface area (Å²) in [6.07, 6.45) is -4.75. The number of nitrogens with one attached hydrogen (secondary N) is 1. The average Bonchev–Trinajstić information content (AvgIpc) is 2.82. The van der Waals surface area contributed by atoms with Gasteiger partial charge in [0, 0.05) is 11.6 Å². The van der Waals surface area contributed by atoms with Crippen LogP contribution in [0.25, 0.3) is 0 Å². The normalized spacial score (nSPS) is 19.2. The molecule has 28 heavy (non-hydrogen) atoms. The molecule has 0 aromatic heterocycles. The van der Waals surface area contributed by atoms with Crippen molar-refractivity contribution < 1.29 is 32.2 Å². The van der Waals surface area contributed by atoms with E-state index in [0.29, 0.717) is 11.3 Å². The molecule has 0 saturated carbocycles. The van der Waals surface area contributed by atoms with Gasteiger partial charge in [-0.2, -0.15) is 13.2 Å². The van der Waals surface area contributed by atoms with Crippen molar-refractivity contribution in [3.63, 3.8) is 0 Å². The maximum absolute atomic E-state index is 13.5. The topological polar surface area (TPSA) is 64.6 Å². The predicted molar refractivity (Wildman–Crippen MR) is 95.0 cm³/mol. The molecule has 1 N–H and O–H groups in total. The summed E-state index contributed by atoms with van der Waals surface area (Å²) in [6, 6.07) is 10.1. The van der Waals surface area contributed by atoms with Gasteiger partial charge in [0.1, 0.15) is 11.7 Å². The molecule has 5 nitrogen and oxygen atoms in total. The molecule has 0 fully saturated rings. The van der Waals surface area contributed by atoms with Gasteiger partial charge in [0.2, 0.25) is 5.91 Å². The van der Waals surface area contributed by atoms with Crippen LogP contribution < -0.4 is 10.1 Å². The van der Waals surface area contributed by atoms with Gasteiger partial charge in [-0.05, 0) is 41.8 Å². The number of esters is 1. The number of benzene rings is 2. The Bertz CT molecular complexity index is 893. The molecule has 8 heteroatoms. The van der Waals surface area contributed by atoms with E-state index in [1.165, 1.54) is 19.2 Å². The summed E-state index contributed by atoms with van der Waals surface area (Å²) in [5, 5.41) is 2.46. The van der Waals surface area contributed by atoms with Crippen LogP contribution in [0.3, 0.4) is 0 Å². The highest BCUT2D eigenvalue weighted by molar-refractivity contribution is 6.06. The number of carbonyl (C=O) groups is 2. The minimum absolute atomic E-state index is 0.0461. The van der Waals surface area contributed by atoms with E-state index in [2.05, 4.69) is 5.32 Å². The zero-order valence-corrected chi connectivity index (χ0v) is 15.2. The molecule has 2 aromatic rings. The van der Waals surface area contributed by atoms with Crippen molar-refractivity contribution in [3.8, 4) is 5.75 Å².